The van der Waals surface area contributed by atoms with Crippen LogP contribution >= 0.6 is 0 Å². The molecule has 0 unspecified atom stereocenters. The fourth-order valence-corrected chi connectivity index (χ4v) is 1.74. The van der Waals surface area contributed by atoms with Crippen molar-refractivity contribution in [3.63, 3.8) is 0 Å². The van der Waals surface area contributed by atoms with E-state index in [0.717, 1.165) is 12.0 Å². The van der Waals surface area contributed by atoms with E-state index in [0.29, 0.717) is 17.9 Å². The van der Waals surface area contributed by atoms with Crippen LogP contribution in [0, 0.1) is 0 Å². The highest BCUT2D eigenvalue weighted by Gasteiger charge is 2.13. The predicted molar refractivity (Wildman–Crippen MR) is 89.0 cm³/mol. The Morgan fingerprint density at radius 1 is 1.04 bits per heavy atom. The minimum absolute atomic E-state index is 0.0637. The molecule has 0 atom stereocenters. The van der Waals surface area contributed by atoms with Crippen molar-refractivity contribution in [3.8, 4) is 0 Å². The number of aryl methyl sites for hydroxylation is 1. The number of hydrogen-bond donors (Lipinski definition) is 3. The number of hydrazone groups is 1. The zero-order valence-electron chi connectivity index (χ0n) is 13.6. The topological polar surface area (TPSA) is 99.7 Å². The van der Waals surface area contributed by atoms with Crippen LogP contribution in [0.15, 0.2) is 29.4 Å². The summed E-state index contributed by atoms with van der Waals surface area (Å²) in [6.07, 6.45) is 0.961. The molecule has 0 aliphatic rings. The van der Waals surface area contributed by atoms with Crippen LogP contribution in [0.5, 0.6) is 0 Å². The maximum Gasteiger partial charge on any atom is 0.329 e. The van der Waals surface area contributed by atoms with Gasteiger partial charge in [0.15, 0.2) is 0 Å². The molecule has 0 saturated heterocycles. The zero-order chi connectivity index (χ0) is 17.2. The Labute approximate surface area is 135 Å². The molecule has 0 aliphatic heterocycles. The molecule has 0 aromatic heterocycles. The summed E-state index contributed by atoms with van der Waals surface area (Å²) in [6.45, 7) is 5.96. The highest BCUT2D eigenvalue weighted by atomic mass is 16.2. The second kappa shape index (κ2) is 9.34. The van der Waals surface area contributed by atoms with Crippen LogP contribution in [0.3, 0.4) is 0 Å². The van der Waals surface area contributed by atoms with E-state index in [2.05, 4.69) is 21.2 Å². The van der Waals surface area contributed by atoms with E-state index in [4.69, 9.17) is 0 Å². The molecule has 0 saturated carbocycles. The number of hydrogen-bond acceptors (Lipinski definition) is 4. The fraction of sp³-hybridized carbons (Fsp3) is 0.375. The highest BCUT2D eigenvalue weighted by Crippen LogP contribution is 2.09. The summed E-state index contributed by atoms with van der Waals surface area (Å²) >= 11 is 0. The lowest BCUT2D eigenvalue weighted by Crippen LogP contribution is -2.33. The quantitative estimate of drug-likeness (QED) is 0.417. The SMILES string of the molecule is CCNC(=O)C/C(C)=N\NC(=O)C(=O)Nc1ccc(CC)cc1. The normalized spacial score (nSPS) is 10.8. The van der Waals surface area contributed by atoms with Crippen LogP contribution < -0.4 is 16.1 Å². The average Bonchev–Trinajstić information content (AvgIpc) is 2.53. The standard InChI is InChI=1S/C16H22N4O3/c1-4-12-6-8-13(9-7-12)18-15(22)16(23)20-19-11(3)10-14(21)17-5-2/h6-9H,4-5,10H2,1-3H3,(H,17,21)(H,18,22)(H,20,23)/b19-11-. The van der Waals surface area contributed by atoms with Crippen LogP contribution in [0.25, 0.3) is 0 Å². The van der Waals surface area contributed by atoms with Gasteiger partial charge in [-0.25, -0.2) is 5.43 Å². The molecule has 0 fully saturated rings. The molecule has 1 aromatic rings. The van der Waals surface area contributed by atoms with Crippen molar-refractivity contribution in [2.75, 3.05) is 11.9 Å². The zero-order valence-corrected chi connectivity index (χ0v) is 13.6. The second-order valence-electron chi connectivity index (χ2n) is 4.92. The Morgan fingerprint density at radius 2 is 1.70 bits per heavy atom. The third kappa shape index (κ3) is 6.73. The van der Waals surface area contributed by atoms with Crippen LogP contribution in [-0.4, -0.2) is 30.0 Å². The third-order valence-corrected chi connectivity index (χ3v) is 2.96. The highest BCUT2D eigenvalue weighted by molar-refractivity contribution is 6.39. The van der Waals surface area contributed by atoms with Gasteiger partial charge in [0.1, 0.15) is 0 Å². The number of rotatable bonds is 6. The molecule has 0 spiro atoms. The van der Waals surface area contributed by atoms with E-state index in [1.54, 1.807) is 19.1 Å². The fourth-order valence-electron chi connectivity index (χ4n) is 1.74. The molecule has 7 heteroatoms. The van der Waals surface area contributed by atoms with Crippen molar-refractivity contribution in [3.05, 3.63) is 29.8 Å². The minimum atomic E-state index is -0.889. The smallest absolute Gasteiger partial charge is 0.329 e. The molecular weight excluding hydrogens is 296 g/mol. The number of nitrogens with zero attached hydrogens (tertiary/aromatic N) is 1. The molecule has 23 heavy (non-hydrogen) atoms. The Morgan fingerprint density at radius 3 is 2.26 bits per heavy atom. The summed E-state index contributed by atoms with van der Waals surface area (Å²) in [7, 11) is 0. The first-order chi connectivity index (χ1) is 11.0. The minimum Gasteiger partial charge on any atom is -0.356 e. The molecule has 3 N–H and O–H groups in total. The number of nitrogens with one attached hydrogen (secondary N) is 3. The van der Waals surface area contributed by atoms with Crippen LogP contribution in [-0.2, 0) is 20.8 Å². The van der Waals surface area contributed by atoms with Gasteiger partial charge >= 0.3 is 11.8 Å². The molecule has 7 nitrogen and oxygen atoms in total. The van der Waals surface area contributed by atoms with Crippen LogP contribution in [0.2, 0.25) is 0 Å². The lowest BCUT2D eigenvalue weighted by molar-refractivity contribution is -0.136. The average molecular weight is 318 g/mol. The Balaban J connectivity index is 2.49. The number of carbonyl (C=O) groups excluding carboxylic acids is 3. The van der Waals surface area contributed by atoms with Gasteiger partial charge in [0, 0.05) is 17.9 Å². The van der Waals surface area contributed by atoms with Gasteiger partial charge in [0.05, 0.1) is 6.42 Å². The van der Waals surface area contributed by atoms with Crippen molar-refractivity contribution >= 4 is 29.1 Å². The van der Waals surface area contributed by atoms with Crippen molar-refractivity contribution in [1.29, 1.82) is 0 Å². The molecule has 1 aromatic carbocycles. The predicted octanol–water partition coefficient (Wildman–Crippen LogP) is 1.21. The maximum absolute atomic E-state index is 11.7. The first-order valence-electron chi connectivity index (χ1n) is 7.46. The molecule has 1 rings (SSSR count). The van der Waals surface area contributed by atoms with Gasteiger partial charge in [0.2, 0.25) is 5.91 Å². The molecule has 3 amide bonds. The number of amides is 3. The summed E-state index contributed by atoms with van der Waals surface area (Å²) in [5, 5.41) is 8.83. The lowest BCUT2D eigenvalue weighted by Gasteiger charge is -2.05. The monoisotopic (exact) mass is 318 g/mol. The maximum atomic E-state index is 11.7. The van der Waals surface area contributed by atoms with Crippen LogP contribution in [0.4, 0.5) is 5.69 Å². The Bertz CT molecular complexity index is 594. The van der Waals surface area contributed by atoms with E-state index >= 15 is 0 Å². The van der Waals surface area contributed by atoms with Gasteiger partial charge in [-0.05, 0) is 38.0 Å². The largest absolute Gasteiger partial charge is 0.356 e. The van der Waals surface area contributed by atoms with Crippen molar-refractivity contribution < 1.29 is 14.4 Å². The van der Waals surface area contributed by atoms with Gasteiger partial charge in [-0.15, -0.1) is 0 Å². The van der Waals surface area contributed by atoms with Crippen LogP contribution in [0.1, 0.15) is 32.8 Å². The third-order valence-electron chi connectivity index (χ3n) is 2.96. The summed E-state index contributed by atoms with van der Waals surface area (Å²) in [4.78, 5) is 34.7. The van der Waals surface area contributed by atoms with E-state index in [-0.39, 0.29) is 12.3 Å². The molecule has 0 bridgehead atoms. The van der Waals surface area contributed by atoms with Crippen molar-refractivity contribution in [1.82, 2.24) is 10.7 Å². The summed E-state index contributed by atoms with van der Waals surface area (Å²) in [5.41, 5.74) is 4.21. The number of anilines is 1. The molecule has 0 aliphatic carbocycles. The van der Waals surface area contributed by atoms with Crippen molar-refractivity contribution in [2.45, 2.75) is 33.6 Å². The summed E-state index contributed by atoms with van der Waals surface area (Å²) in [5.74, 6) is -1.90. The lowest BCUT2D eigenvalue weighted by atomic mass is 10.1. The molecule has 0 heterocycles. The van der Waals surface area contributed by atoms with Gasteiger partial charge in [-0.1, -0.05) is 19.1 Å². The van der Waals surface area contributed by atoms with E-state index in [1.165, 1.54) is 0 Å². The van der Waals surface area contributed by atoms with E-state index in [9.17, 15) is 14.4 Å². The van der Waals surface area contributed by atoms with Crippen molar-refractivity contribution in [2.24, 2.45) is 5.10 Å². The van der Waals surface area contributed by atoms with Gasteiger partial charge in [-0.2, -0.15) is 5.10 Å². The van der Waals surface area contributed by atoms with Gasteiger partial charge in [-0.3, -0.25) is 14.4 Å². The number of carbonyl (C=O) groups is 3. The Hall–Kier alpha value is -2.70. The molecule has 0 radical (unpaired) electrons. The second-order valence-corrected chi connectivity index (χ2v) is 4.92. The molecule has 124 valence electrons. The summed E-state index contributed by atoms with van der Waals surface area (Å²) in [6, 6.07) is 7.21. The van der Waals surface area contributed by atoms with Gasteiger partial charge in [0.25, 0.3) is 0 Å². The summed E-state index contributed by atoms with van der Waals surface area (Å²) < 4.78 is 0. The van der Waals surface area contributed by atoms with E-state index in [1.807, 2.05) is 26.0 Å². The Kier molecular flexibility index (Phi) is 7.45. The van der Waals surface area contributed by atoms with E-state index < -0.39 is 11.8 Å². The first-order valence-corrected chi connectivity index (χ1v) is 7.46. The number of benzene rings is 1. The van der Waals surface area contributed by atoms with Gasteiger partial charge < -0.3 is 10.6 Å². The molecular formula is C16H22N4O3. The first kappa shape index (κ1) is 18.3.